The largest absolute Gasteiger partial charge is 0.314 e. The number of hydrogen-bond acceptors (Lipinski definition) is 1. The molecule has 1 nitrogen and oxygen atoms in total. The summed E-state index contributed by atoms with van der Waals surface area (Å²) < 4.78 is 0. The molecular weight excluding hydrogens is 134 g/mol. The molecule has 62 valence electrons. The third kappa shape index (κ3) is 1.01. The van der Waals surface area contributed by atoms with Gasteiger partial charge in [-0.25, -0.2) is 0 Å². The fourth-order valence-corrected chi connectivity index (χ4v) is 3.66. The molecule has 1 N–H and O–H groups in total. The van der Waals surface area contributed by atoms with Gasteiger partial charge in [-0.3, -0.25) is 0 Å². The SMILES string of the molecule is C1NC2C[C@H]3CC1C[C@@H](C2)C3. The van der Waals surface area contributed by atoms with Gasteiger partial charge < -0.3 is 5.32 Å². The van der Waals surface area contributed by atoms with Crippen molar-refractivity contribution in [2.24, 2.45) is 17.8 Å². The second-order valence-corrected chi connectivity index (χ2v) is 4.88. The summed E-state index contributed by atoms with van der Waals surface area (Å²) in [5.74, 6) is 3.26. The van der Waals surface area contributed by atoms with Crippen LogP contribution in [0, 0.1) is 17.8 Å². The molecule has 4 bridgehead atoms. The molecule has 0 radical (unpaired) electrons. The van der Waals surface area contributed by atoms with Gasteiger partial charge >= 0.3 is 0 Å². The lowest BCUT2D eigenvalue weighted by Gasteiger charge is -2.37. The average molecular weight is 151 g/mol. The van der Waals surface area contributed by atoms with Gasteiger partial charge in [-0.15, -0.1) is 0 Å². The molecule has 4 fully saturated rings. The molecule has 2 aliphatic carbocycles. The smallest absolute Gasteiger partial charge is 0.00724 e. The van der Waals surface area contributed by atoms with E-state index in [1.165, 1.54) is 19.4 Å². The summed E-state index contributed by atoms with van der Waals surface area (Å²) in [6.07, 6.45) is 7.63. The molecule has 1 heteroatoms. The highest BCUT2D eigenvalue weighted by molar-refractivity contribution is 4.93. The molecule has 4 aliphatic rings. The van der Waals surface area contributed by atoms with Crippen LogP contribution in [0.15, 0.2) is 0 Å². The van der Waals surface area contributed by atoms with Crippen molar-refractivity contribution in [3.63, 3.8) is 0 Å². The van der Waals surface area contributed by atoms with Crippen LogP contribution in [-0.4, -0.2) is 12.6 Å². The number of fused-ring (bicyclic) bond motifs is 1. The first-order chi connectivity index (χ1) is 5.40. The van der Waals surface area contributed by atoms with E-state index in [4.69, 9.17) is 0 Å². The number of hydrogen-bond donors (Lipinski definition) is 1. The van der Waals surface area contributed by atoms with Gasteiger partial charge in [0.2, 0.25) is 0 Å². The molecule has 0 aromatic rings. The van der Waals surface area contributed by atoms with Crippen LogP contribution in [0.2, 0.25) is 0 Å². The van der Waals surface area contributed by atoms with E-state index in [0.29, 0.717) is 0 Å². The topological polar surface area (TPSA) is 12.0 Å². The van der Waals surface area contributed by atoms with E-state index in [0.717, 1.165) is 23.8 Å². The Bertz CT molecular complexity index is 132. The van der Waals surface area contributed by atoms with Crippen LogP contribution in [0.4, 0.5) is 0 Å². The zero-order chi connectivity index (χ0) is 7.26. The third-order valence-electron chi connectivity index (χ3n) is 3.93. The molecular formula is C10H17N. The molecule has 0 aromatic heterocycles. The van der Waals surface area contributed by atoms with Gasteiger partial charge in [0.1, 0.15) is 0 Å². The van der Waals surface area contributed by atoms with E-state index in [1.54, 1.807) is 19.3 Å². The standard InChI is InChI=1S/C10H17N/c1-7-2-9-3-8(1)5-10(4-7)11-6-9/h7-11H,1-6H2/t7-,8+,9?,10?. The van der Waals surface area contributed by atoms with Gasteiger partial charge in [-0.05, 0) is 56.4 Å². The van der Waals surface area contributed by atoms with Gasteiger partial charge in [0, 0.05) is 6.04 Å². The predicted molar refractivity (Wildman–Crippen MR) is 45.3 cm³/mol. The minimum absolute atomic E-state index is 0.909. The first-order valence-electron chi connectivity index (χ1n) is 5.13. The Labute approximate surface area is 68.6 Å². The highest BCUT2D eigenvalue weighted by Gasteiger charge is 2.38. The zero-order valence-corrected chi connectivity index (χ0v) is 7.05. The molecule has 2 aliphatic heterocycles. The second kappa shape index (κ2) is 2.22. The molecule has 0 amide bonds. The van der Waals surface area contributed by atoms with Crippen molar-refractivity contribution in [3.05, 3.63) is 0 Å². The first-order valence-corrected chi connectivity index (χ1v) is 5.13. The first kappa shape index (κ1) is 6.47. The lowest BCUT2D eigenvalue weighted by Crippen LogP contribution is -2.33. The number of rotatable bonds is 0. The summed E-state index contributed by atoms with van der Waals surface area (Å²) in [6, 6.07) is 0.909. The maximum atomic E-state index is 3.70. The van der Waals surface area contributed by atoms with Crippen LogP contribution < -0.4 is 5.32 Å². The molecule has 2 saturated heterocycles. The van der Waals surface area contributed by atoms with Crippen LogP contribution in [0.5, 0.6) is 0 Å². The van der Waals surface area contributed by atoms with Crippen LogP contribution in [0.3, 0.4) is 0 Å². The van der Waals surface area contributed by atoms with Crippen molar-refractivity contribution in [1.29, 1.82) is 0 Å². The fraction of sp³-hybridized carbons (Fsp3) is 1.00. The highest BCUT2D eigenvalue weighted by atomic mass is 14.9. The minimum atomic E-state index is 0.909. The van der Waals surface area contributed by atoms with Gasteiger partial charge in [0.05, 0.1) is 0 Å². The van der Waals surface area contributed by atoms with Crippen molar-refractivity contribution in [3.8, 4) is 0 Å². The molecule has 0 spiro atoms. The molecule has 4 rings (SSSR count). The number of nitrogens with one attached hydrogen (secondary N) is 1. The molecule has 2 unspecified atom stereocenters. The normalized spacial score (nSPS) is 54.5. The Hall–Kier alpha value is -0.0400. The summed E-state index contributed by atoms with van der Waals surface area (Å²) in [6.45, 7) is 1.33. The Balaban J connectivity index is 1.90. The molecule has 2 heterocycles. The fourth-order valence-electron chi connectivity index (χ4n) is 3.66. The quantitative estimate of drug-likeness (QED) is 0.556. The Morgan fingerprint density at radius 1 is 0.727 bits per heavy atom. The predicted octanol–water partition coefficient (Wildman–Crippen LogP) is 1.78. The summed E-state index contributed by atoms with van der Waals surface area (Å²) >= 11 is 0. The lowest BCUT2D eigenvalue weighted by atomic mass is 9.68. The third-order valence-corrected chi connectivity index (χ3v) is 3.93. The Kier molecular flexibility index (Phi) is 1.31. The van der Waals surface area contributed by atoms with Crippen molar-refractivity contribution in [2.45, 2.75) is 38.1 Å². The molecule has 11 heavy (non-hydrogen) atoms. The van der Waals surface area contributed by atoms with E-state index in [2.05, 4.69) is 5.32 Å². The minimum Gasteiger partial charge on any atom is -0.314 e. The van der Waals surface area contributed by atoms with Crippen molar-refractivity contribution < 1.29 is 0 Å². The van der Waals surface area contributed by atoms with Crippen LogP contribution in [0.25, 0.3) is 0 Å². The molecule has 0 aromatic carbocycles. The Morgan fingerprint density at radius 2 is 1.36 bits per heavy atom. The van der Waals surface area contributed by atoms with E-state index in [-0.39, 0.29) is 0 Å². The second-order valence-electron chi connectivity index (χ2n) is 4.88. The van der Waals surface area contributed by atoms with Gasteiger partial charge in [0.25, 0.3) is 0 Å². The van der Waals surface area contributed by atoms with Crippen LogP contribution in [0.1, 0.15) is 32.1 Å². The van der Waals surface area contributed by atoms with Crippen molar-refractivity contribution in [2.75, 3.05) is 6.54 Å². The van der Waals surface area contributed by atoms with E-state index >= 15 is 0 Å². The molecule has 2 saturated carbocycles. The molecule has 4 atom stereocenters. The zero-order valence-electron chi connectivity index (χ0n) is 7.05. The summed E-state index contributed by atoms with van der Waals surface area (Å²) in [5, 5.41) is 3.70. The average Bonchev–Trinajstić information content (AvgIpc) is 2.18. The summed E-state index contributed by atoms with van der Waals surface area (Å²) in [5.41, 5.74) is 0. The maximum absolute atomic E-state index is 3.70. The lowest BCUT2D eigenvalue weighted by molar-refractivity contribution is 0.156. The monoisotopic (exact) mass is 151 g/mol. The van der Waals surface area contributed by atoms with Crippen molar-refractivity contribution >= 4 is 0 Å². The van der Waals surface area contributed by atoms with E-state index < -0.39 is 0 Å². The van der Waals surface area contributed by atoms with E-state index in [9.17, 15) is 0 Å². The van der Waals surface area contributed by atoms with Gasteiger partial charge in [-0.1, -0.05) is 0 Å². The summed E-state index contributed by atoms with van der Waals surface area (Å²) in [4.78, 5) is 0. The van der Waals surface area contributed by atoms with Gasteiger partial charge in [-0.2, -0.15) is 0 Å². The summed E-state index contributed by atoms with van der Waals surface area (Å²) in [7, 11) is 0. The van der Waals surface area contributed by atoms with Gasteiger partial charge in [0.15, 0.2) is 0 Å². The van der Waals surface area contributed by atoms with Crippen LogP contribution >= 0.6 is 0 Å². The highest BCUT2D eigenvalue weighted by Crippen LogP contribution is 2.44. The van der Waals surface area contributed by atoms with E-state index in [1.807, 2.05) is 0 Å². The maximum Gasteiger partial charge on any atom is 0.00724 e. The van der Waals surface area contributed by atoms with Crippen molar-refractivity contribution in [1.82, 2.24) is 5.32 Å². The van der Waals surface area contributed by atoms with Crippen LogP contribution in [-0.2, 0) is 0 Å². The Morgan fingerprint density at radius 3 is 2.09 bits per heavy atom.